The van der Waals surface area contributed by atoms with E-state index in [1.54, 1.807) is 13.8 Å². The molecule has 2 N–H and O–H groups in total. The van der Waals surface area contributed by atoms with E-state index in [1.807, 2.05) is 6.92 Å². The van der Waals surface area contributed by atoms with Gasteiger partial charge in [0.05, 0.1) is 5.41 Å². The highest BCUT2D eigenvalue weighted by molar-refractivity contribution is 7.87. The van der Waals surface area contributed by atoms with Crippen molar-refractivity contribution in [1.82, 2.24) is 9.03 Å². The summed E-state index contributed by atoms with van der Waals surface area (Å²) < 4.78 is 28.4. The van der Waals surface area contributed by atoms with Gasteiger partial charge in [-0.3, -0.25) is 4.79 Å². The molecule has 20 heavy (non-hydrogen) atoms. The molecule has 0 saturated carbocycles. The van der Waals surface area contributed by atoms with Gasteiger partial charge in [-0.1, -0.05) is 20.8 Å². The van der Waals surface area contributed by atoms with Gasteiger partial charge in [-0.05, 0) is 31.6 Å². The molecule has 1 heterocycles. The molecular weight excluding hydrogens is 280 g/mol. The Hall–Kier alpha value is -0.660. The predicted molar refractivity (Wildman–Crippen MR) is 77.5 cm³/mol. The van der Waals surface area contributed by atoms with Gasteiger partial charge in [0, 0.05) is 19.6 Å². The van der Waals surface area contributed by atoms with Crippen LogP contribution in [0, 0.1) is 11.3 Å². The van der Waals surface area contributed by atoms with Gasteiger partial charge in [0.2, 0.25) is 0 Å². The third-order valence-electron chi connectivity index (χ3n) is 4.36. The van der Waals surface area contributed by atoms with E-state index in [-0.39, 0.29) is 6.54 Å². The minimum absolute atomic E-state index is 0.0530. The first kappa shape index (κ1) is 17.4. The zero-order valence-electron chi connectivity index (χ0n) is 12.6. The Labute approximate surface area is 121 Å². The van der Waals surface area contributed by atoms with E-state index in [4.69, 9.17) is 0 Å². The number of carbonyl (C=O) groups is 1. The van der Waals surface area contributed by atoms with Gasteiger partial charge >= 0.3 is 5.97 Å². The molecule has 0 radical (unpaired) electrons. The molecule has 118 valence electrons. The molecule has 0 aromatic rings. The smallest absolute Gasteiger partial charge is 0.310 e. The highest BCUT2D eigenvalue weighted by atomic mass is 32.2. The average Bonchev–Trinajstić information content (AvgIpc) is 2.40. The fraction of sp³-hybridized carbons (Fsp3) is 0.923. The summed E-state index contributed by atoms with van der Waals surface area (Å²) in [5, 5.41) is 9.32. The Morgan fingerprint density at radius 1 is 1.40 bits per heavy atom. The Kier molecular flexibility index (Phi) is 5.97. The maximum atomic E-state index is 12.3. The van der Waals surface area contributed by atoms with Gasteiger partial charge in [-0.25, -0.2) is 4.72 Å². The topological polar surface area (TPSA) is 86.7 Å². The molecule has 6 nitrogen and oxygen atoms in total. The SMILES string of the molecule is CCC(CC)(CNS(=O)(=O)N1CCCC(C)C1)C(=O)O. The molecule has 1 unspecified atom stereocenters. The zero-order valence-corrected chi connectivity index (χ0v) is 13.4. The second-order valence-electron chi connectivity index (χ2n) is 5.72. The van der Waals surface area contributed by atoms with Gasteiger partial charge < -0.3 is 5.11 Å². The number of carboxylic acid groups (broad SMARTS) is 1. The van der Waals surface area contributed by atoms with Crippen molar-refractivity contribution in [3.05, 3.63) is 0 Å². The van der Waals surface area contributed by atoms with E-state index in [1.165, 1.54) is 4.31 Å². The third kappa shape index (κ3) is 3.93. The first-order valence-corrected chi connectivity index (χ1v) is 8.69. The molecule has 0 amide bonds. The molecule has 1 fully saturated rings. The largest absolute Gasteiger partial charge is 0.481 e. The molecule has 7 heteroatoms. The molecule has 1 rings (SSSR count). The van der Waals surface area contributed by atoms with Crippen LogP contribution < -0.4 is 4.72 Å². The normalized spacial score (nSPS) is 21.9. The number of aliphatic carboxylic acids is 1. The van der Waals surface area contributed by atoms with E-state index in [2.05, 4.69) is 4.72 Å². The summed E-state index contributed by atoms with van der Waals surface area (Å²) in [7, 11) is -3.58. The van der Waals surface area contributed by atoms with Gasteiger partial charge in [-0.15, -0.1) is 0 Å². The number of hydrogen-bond donors (Lipinski definition) is 2. The molecule has 0 spiro atoms. The second kappa shape index (κ2) is 6.87. The minimum atomic E-state index is -3.58. The van der Waals surface area contributed by atoms with Crippen LogP contribution in [0.15, 0.2) is 0 Å². The number of rotatable bonds is 7. The van der Waals surface area contributed by atoms with Gasteiger partial charge in [0.1, 0.15) is 0 Å². The fourth-order valence-corrected chi connectivity index (χ4v) is 4.02. The molecule has 1 atom stereocenters. The van der Waals surface area contributed by atoms with E-state index < -0.39 is 21.6 Å². The minimum Gasteiger partial charge on any atom is -0.481 e. The Balaban J connectivity index is 2.73. The summed E-state index contributed by atoms with van der Waals surface area (Å²) in [5.74, 6) is -0.598. The molecule has 0 aromatic carbocycles. The first-order valence-electron chi connectivity index (χ1n) is 7.25. The monoisotopic (exact) mass is 306 g/mol. The van der Waals surface area contributed by atoms with Crippen molar-refractivity contribution in [3.8, 4) is 0 Å². The Morgan fingerprint density at radius 3 is 2.45 bits per heavy atom. The molecule has 1 aliphatic rings. The molecule has 0 bridgehead atoms. The van der Waals surface area contributed by atoms with Crippen molar-refractivity contribution >= 4 is 16.2 Å². The quantitative estimate of drug-likeness (QED) is 0.745. The molecule has 1 aliphatic heterocycles. The van der Waals surface area contributed by atoms with E-state index in [0.717, 1.165) is 12.8 Å². The van der Waals surface area contributed by atoms with Crippen LogP contribution in [-0.2, 0) is 15.0 Å². The van der Waals surface area contributed by atoms with Crippen LogP contribution in [0.1, 0.15) is 46.5 Å². The van der Waals surface area contributed by atoms with Crippen molar-refractivity contribution in [2.75, 3.05) is 19.6 Å². The summed E-state index contributed by atoms with van der Waals surface area (Å²) in [5.41, 5.74) is -1.02. The first-order chi connectivity index (χ1) is 9.27. The number of nitrogens with zero attached hydrogens (tertiary/aromatic N) is 1. The van der Waals surface area contributed by atoms with Crippen molar-refractivity contribution < 1.29 is 18.3 Å². The third-order valence-corrected chi connectivity index (χ3v) is 5.88. The maximum Gasteiger partial charge on any atom is 0.310 e. The number of piperidine rings is 1. The van der Waals surface area contributed by atoms with E-state index >= 15 is 0 Å². The van der Waals surface area contributed by atoms with Crippen LogP contribution in [0.2, 0.25) is 0 Å². The summed E-state index contributed by atoms with van der Waals surface area (Å²) in [6.07, 6.45) is 2.69. The molecular formula is C13H26N2O4S. The van der Waals surface area contributed by atoms with Crippen LogP contribution in [0.3, 0.4) is 0 Å². The van der Waals surface area contributed by atoms with Crippen LogP contribution in [0.5, 0.6) is 0 Å². The van der Waals surface area contributed by atoms with Crippen LogP contribution in [0.4, 0.5) is 0 Å². The van der Waals surface area contributed by atoms with Crippen molar-refractivity contribution in [1.29, 1.82) is 0 Å². The highest BCUT2D eigenvalue weighted by Gasteiger charge is 2.37. The number of nitrogens with one attached hydrogen (secondary N) is 1. The maximum absolute atomic E-state index is 12.3. The zero-order chi connectivity index (χ0) is 15.4. The molecule has 1 saturated heterocycles. The lowest BCUT2D eigenvalue weighted by Crippen LogP contribution is -2.50. The number of hydrogen-bond acceptors (Lipinski definition) is 3. The van der Waals surface area contributed by atoms with Crippen molar-refractivity contribution in [2.24, 2.45) is 11.3 Å². The molecule has 0 aromatic heterocycles. The van der Waals surface area contributed by atoms with Crippen LogP contribution >= 0.6 is 0 Å². The van der Waals surface area contributed by atoms with Crippen molar-refractivity contribution in [2.45, 2.75) is 46.5 Å². The lowest BCUT2D eigenvalue weighted by Gasteiger charge is -2.32. The van der Waals surface area contributed by atoms with Gasteiger partial charge in [0.25, 0.3) is 10.2 Å². The molecule has 0 aliphatic carbocycles. The van der Waals surface area contributed by atoms with Gasteiger partial charge in [0.15, 0.2) is 0 Å². The summed E-state index contributed by atoms with van der Waals surface area (Å²) in [6, 6.07) is 0. The van der Waals surface area contributed by atoms with Gasteiger partial charge in [-0.2, -0.15) is 12.7 Å². The van der Waals surface area contributed by atoms with E-state index in [0.29, 0.717) is 31.8 Å². The lowest BCUT2D eigenvalue weighted by atomic mass is 9.83. The standard InChI is InChI=1S/C13H26N2O4S/c1-4-13(5-2,12(16)17)10-14-20(18,19)15-8-6-7-11(3)9-15/h11,14H,4-10H2,1-3H3,(H,16,17). The van der Waals surface area contributed by atoms with Crippen LogP contribution in [-0.4, -0.2) is 43.4 Å². The Bertz CT molecular complexity index is 432. The van der Waals surface area contributed by atoms with E-state index in [9.17, 15) is 18.3 Å². The summed E-state index contributed by atoms with van der Waals surface area (Å²) >= 11 is 0. The lowest BCUT2D eigenvalue weighted by molar-refractivity contribution is -0.149. The summed E-state index contributed by atoms with van der Waals surface area (Å²) in [6.45, 7) is 6.54. The number of carboxylic acids is 1. The fourth-order valence-electron chi connectivity index (χ4n) is 2.56. The van der Waals surface area contributed by atoms with Crippen LogP contribution in [0.25, 0.3) is 0 Å². The average molecular weight is 306 g/mol. The summed E-state index contributed by atoms with van der Waals surface area (Å²) in [4.78, 5) is 11.4. The highest BCUT2D eigenvalue weighted by Crippen LogP contribution is 2.26. The predicted octanol–water partition coefficient (Wildman–Crippen LogP) is 1.44. The Morgan fingerprint density at radius 2 is 2.00 bits per heavy atom. The van der Waals surface area contributed by atoms with Crippen molar-refractivity contribution in [3.63, 3.8) is 0 Å². The second-order valence-corrected chi connectivity index (χ2v) is 7.48.